The molecule has 0 spiro atoms. The van der Waals surface area contributed by atoms with E-state index in [4.69, 9.17) is 15.2 Å². The summed E-state index contributed by atoms with van der Waals surface area (Å²) >= 11 is 0. The van der Waals surface area contributed by atoms with Crippen LogP contribution in [0.15, 0.2) is 24.3 Å². The van der Waals surface area contributed by atoms with Crippen LogP contribution in [0.3, 0.4) is 0 Å². The largest absolute Gasteiger partial charge is 0.492 e. The first-order chi connectivity index (χ1) is 10.0. The molecule has 2 aliphatic heterocycles. The SMILES string of the molecule is Nc1ccc(OCCS(=O)(=O)N2CC3CCC(C2)O3)cc1. The molecule has 3 rings (SSSR count). The molecular formula is C14H20N2O4S. The van der Waals surface area contributed by atoms with Gasteiger partial charge in [-0.3, -0.25) is 0 Å². The highest BCUT2D eigenvalue weighted by Gasteiger charge is 2.38. The van der Waals surface area contributed by atoms with Gasteiger partial charge in [0, 0.05) is 18.8 Å². The van der Waals surface area contributed by atoms with Crippen molar-refractivity contribution in [1.82, 2.24) is 4.31 Å². The van der Waals surface area contributed by atoms with E-state index in [0.29, 0.717) is 24.5 Å². The smallest absolute Gasteiger partial charge is 0.217 e. The summed E-state index contributed by atoms with van der Waals surface area (Å²) in [6.45, 7) is 1.08. The van der Waals surface area contributed by atoms with Crippen LogP contribution in [0.1, 0.15) is 12.8 Å². The number of nitrogen functional groups attached to an aromatic ring is 1. The van der Waals surface area contributed by atoms with Gasteiger partial charge in [-0.05, 0) is 37.1 Å². The van der Waals surface area contributed by atoms with Crippen LogP contribution >= 0.6 is 0 Å². The standard InChI is InChI=1S/C14H20N2O4S/c15-11-1-3-12(4-2-11)19-7-8-21(17,18)16-9-13-5-6-14(10-16)20-13/h1-4,13-14H,5-10,15H2. The lowest BCUT2D eigenvalue weighted by molar-refractivity contribution is -0.0115. The first-order valence-electron chi connectivity index (χ1n) is 7.14. The fraction of sp³-hybridized carbons (Fsp3) is 0.571. The maximum Gasteiger partial charge on any atom is 0.217 e. The minimum atomic E-state index is -3.28. The second kappa shape index (κ2) is 5.82. The van der Waals surface area contributed by atoms with Gasteiger partial charge >= 0.3 is 0 Å². The predicted octanol–water partition coefficient (Wildman–Crippen LogP) is 0.841. The van der Waals surface area contributed by atoms with Gasteiger partial charge in [0.25, 0.3) is 0 Å². The first kappa shape index (κ1) is 14.6. The molecule has 116 valence electrons. The zero-order valence-electron chi connectivity index (χ0n) is 11.8. The number of hydrogen-bond donors (Lipinski definition) is 1. The molecule has 21 heavy (non-hydrogen) atoms. The zero-order valence-corrected chi connectivity index (χ0v) is 12.6. The lowest BCUT2D eigenvalue weighted by Gasteiger charge is -2.31. The summed E-state index contributed by atoms with van der Waals surface area (Å²) in [6, 6.07) is 6.92. The quantitative estimate of drug-likeness (QED) is 0.815. The Balaban J connectivity index is 1.53. The molecule has 0 saturated carbocycles. The fourth-order valence-corrected chi connectivity index (χ4v) is 4.10. The molecule has 1 aromatic rings. The van der Waals surface area contributed by atoms with Crippen LogP contribution in [0.4, 0.5) is 5.69 Å². The Hall–Kier alpha value is -1.31. The van der Waals surface area contributed by atoms with Crippen LogP contribution in [0, 0.1) is 0 Å². The molecule has 2 bridgehead atoms. The number of sulfonamides is 1. The van der Waals surface area contributed by atoms with Gasteiger partial charge in [-0.25, -0.2) is 8.42 Å². The maximum atomic E-state index is 12.3. The van der Waals surface area contributed by atoms with Gasteiger partial charge in [0.1, 0.15) is 12.4 Å². The third kappa shape index (κ3) is 3.48. The monoisotopic (exact) mass is 312 g/mol. The van der Waals surface area contributed by atoms with E-state index in [0.717, 1.165) is 12.8 Å². The first-order valence-corrected chi connectivity index (χ1v) is 8.75. The van der Waals surface area contributed by atoms with Crippen molar-refractivity contribution in [3.8, 4) is 5.75 Å². The van der Waals surface area contributed by atoms with E-state index in [1.807, 2.05) is 0 Å². The number of nitrogens with zero attached hydrogens (tertiary/aromatic N) is 1. The third-order valence-corrected chi connectivity index (χ3v) is 5.66. The summed E-state index contributed by atoms with van der Waals surface area (Å²) in [5, 5.41) is 0. The predicted molar refractivity (Wildman–Crippen MR) is 79.6 cm³/mol. The van der Waals surface area contributed by atoms with Gasteiger partial charge in [0.2, 0.25) is 10.0 Å². The second-order valence-corrected chi connectivity index (χ2v) is 7.60. The van der Waals surface area contributed by atoms with Crippen molar-refractivity contribution in [3.63, 3.8) is 0 Å². The Bertz CT molecular complexity index is 575. The lowest BCUT2D eigenvalue weighted by atomic mass is 10.2. The molecule has 0 aromatic heterocycles. The Morgan fingerprint density at radius 2 is 1.81 bits per heavy atom. The summed E-state index contributed by atoms with van der Waals surface area (Å²) in [4.78, 5) is 0. The van der Waals surface area contributed by atoms with Crippen LogP contribution in [-0.2, 0) is 14.8 Å². The Labute approximate surface area is 124 Å². The van der Waals surface area contributed by atoms with E-state index < -0.39 is 10.0 Å². The molecule has 0 amide bonds. The van der Waals surface area contributed by atoms with E-state index >= 15 is 0 Å². The molecule has 0 radical (unpaired) electrons. The van der Waals surface area contributed by atoms with Gasteiger partial charge in [-0.1, -0.05) is 0 Å². The average Bonchev–Trinajstić information content (AvgIpc) is 2.79. The van der Waals surface area contributed by atoms with Crippen LogP contribution in [0.25, 0.3) is 0 Å². The molecule has 2 aliphatic rings. The normalized spacial score (nSPS) is 25.9. The molecule has 2 heterocycles. The minimum absolute atomic E-state index is 0.0170. The molecule has 2 fully saturated rings. The van der Waals surface area contributed by atoms with Crippen molar-refractivity contribution < 1.29 is 17.9 Å². The van der Waals surface area contributed by atoms with Crippen molar-refractivity contribution in [3.05, 3.63) is 24.3 Å². The highest BCUT2D eigenvalue weighted by atomic mass is 32.2. The number of fused-ring (bicyclic) bond motifs is 2. The Morgan fingerprint density at radius 3 is 2.43 bits per heavy atom. The van der Waals surface area contributed by atoms with Crippen molar-refractivity contribution in [2.45, 2.75) is 25.0 Å². The van der Waals surface area contributed by atoms with E-state index in [-0.39, 0.29) is 24.6 Å². The molecule has 1 aromatic carbocycles. The van der Waals surface area contributed by atoms with Crippen molar-refractivity contribution in [1.29, 1.82) is 0 Å². The molecule has 7 heteroatoms. The zero-order chi connectivity index (χ0) is 14.9. The number of nitrogens with two attached hydrogens (primary N) is 1. The molecule has 2 saturated heterocycles. The fourth-order valence-electron chi connectivity index (χ4n) is 2.76. The van der Waals surface area contributed by atoms with Gasteiger partial charge < -0.3 is 15.2 Å². The van der Waals surface area contributed by atoms with Crippen LogP contribution in [-0.4, -0.2) is 50.4 Å². The molecular weight excluding hydrogens is 292 g/mol. The number of ether oxygens (including phenoxy) is 2. The maximum absolute atomic E-state index is 12.3. The highest BCUT2D eigenvalue weighted by Crippen LogP contribution is 2.27. The molecule has 2 unspecified atom stereocenters. The van der Waals surface area contributed by atoms with E-state index in [2.05, 4.69) is 0 Å². The van der Waals surface area contributed by atoms with Crippen molar-refractivity contribution in [2.24, 2.45) is 0 Å². The lowest BCUT2D eigenvalue weighted by Crippen LogP contribution is -2.47. The molecule has 6 nitrogen and oxygen atoms in total. The Kier molecular flexibility index (Phi) is 4.05. The summed E-state index contributed by atoms with van der Waals surface area (Å²) in [6.07, 6.45) is 2.05. The number of rotatable bonds is 5. The van der Waals surface area contributed by atoms with Crippen LogP contribution < -0.4 is 10.5 Å². The average molecular weight is 312 g/mol. The topological polar surface area (TPSA) is 81.9 Å². The van der Waals surface area contributed by atoms with Crippen molar-refractivity contribution >= 4 is 15.7 Å². The summed E-state index contributed by atoms with van der Waals surface area (Å²) in [5.74, 6) is 0.609. The Morgan fingerprint density at radius 1 is 1.19 bits per heavy atom. The number of hydrogen-bond acceptors (Lipinski definition) is 5. The van der Waals surface area contributed by atoms with E-state index in [1.54, 1.807) is 28.6 Å². The van der Waals surface area contributed by atoms with Crippen LogP contribution in [0.2, 0.25) is 0 Å². The highest BCUT2D eigenvalue weighted by molar-refractivity contribution is 7.89. The molecule has 2 atom stereocenters. The van der Waals surface area contributed by atoms with Crippen LogP contribution in [0.5, 0.6) is 5.75 Å². The number of morpholine rings is 1. The minimum Gasteiger partial charge on any atom is -0.492 e. The second-order valence-electron chi connectivity index (χ2n) is 5.51. The van der Waals surface area contributed by atoms with Gasteiger partial charge in [0.05, 0.1) is 18.0 Å². The van der Waals surface area contributed by atoms with Gasteiger partial charge in [-0.15, -0.1) is 0 Å². The number of benzene rings is 1. The summed E-state index contributed by atoms with van der Waals surface area (Å²) in [7, 11) is -3.28. The van der Waals surface area contributed by atoms with E-state index in [1.165, 1.54) is 0 Å². The summed E-state index contributed by atoms with van der Waals surface area (Å²) in [5.41, 5.74) is 6.24. The summed E-state index contributed by atoms with van der Waals surface area (Å²) < 4.78 is 37.3. The molecule has 2 N–H and O–H groups in total. The van der Waals surface area contributed by atoms with Gasteiger partial charge in [0.15, 0.2) is 0 Å². The van der Waals surface area contributed by atoms with Gasteiger partial charge in [-0.2, -0.15) is 4.31 Å². The number of anilines is 1. The molecule has 0 aliphatic carbocycles. The third-order valence-electron chi connectivity index (χ3n) is 3.89. The van der Waals surface area contributed by atoms with E-state index in [9.17, 15) is 8.42 Å². The van der Waals surface area contributed by atoms with Crippen molar-refractivity contribution in [2.75, 3.05) is 31.2 Å².